The third kappa shape index (κ3) is 3.08. The number of rotatable bonds is 5. The van der Waals surface area contributed by atoms with Gasteiger partial charge in [0, 0.05) is 20.5 Å². The van der Waals surface area contributed by atoms with Gasteiger partial charge < -0.3 is 4.74 Å². The lowest BCUT2D eigenvalue weighted by atomic mass is 10.3. The molecule has 0 aromatic carbocycles. The van der Waals surface area contributed by atoms with Gasteiger partial charge in [0.05, 0.1) is 7.11 Å². The third-order valence-corrected chi connectivity index (χ3v) is 5.05. The van der Waals surface area contributed by atoms with Gasteiger partial charge in [0.25, 0.3) is 5.56 Å². The number of nitrogens with zero attached hydrogens (tertiary/aromatic N) is 4. The number of thioether (sulfide) groups is 1. The summed E-state index contributed by atoms with van der Waals surface area (Å²) in [7, 11) is 4.29. The maximum absolute atomic E-state index is 12.6. The monoisotopic (exact) mass is 352 g/mol. The lowest BCUT2D eigenvalue weighted by Crippen LogP contribution is -2.38. The maximum Gasteiger partial charge on any atom is 0.332 e. The fourth-order valence-corrected chi connectivity index (χ4v) is 3.36. The van der Waals surface area contributed by atoms with E-state index < -0.39 is 16.5 Å². The molecule has 9 heteroatoms. The van der Waals surface area contributed by atoms with E-state index in [0.29, 0.717) is 23.7 Å². The lowest BCUT2D eigenvalue weighted by molar-refractivity contribution is -0.140. The molecule has 0 aliphatic carbocycles. The van der Waals surface area contributed by atoms with Crippen LogP contribution in [0.25, 0.3) is 11.0 Å². The first-order valence-electron chi connectivity index (χ1n) is 7.56. The number of fused-ring (bicyclic) bond motifs is 1. The molecular formula is C15H20N4O4S. The lowest BCUT2D eigenvalue weighted by Gasteiger charge is -2.15. The molecule has 0 amide bonds. The number of hydrogen-bond acceptors (Lipinski definition) is 7. The van der Waals surface area contributed by atoms with Gasteiger partial charge in [0.2, 0.25) is 0 Å². The van der Waals surface area contributed by atoms with E-state index in [0.717, 1.165) is 16.3 Å². The molecule has 2 aromatic heterocycles. The summed E-state index contributed by atoms with van der Waals surface area (Å²) < 4.78 is 7.13. The van der Waals surface area contributed by atoms with Crippen molar-refractivity contribution in [2.45, 2.75) is 37.0 Å². The van der Waals surface area contributed by atoms with Crippen LogP contribution in [0.2, 0.25) is 0 Å². The summed E-state index contributed by atoms with van der Waals surface area (Å²) in [4.78, 5) is 45.3. The number of aryl methyl sites for hydroxylation is 2. The Balaban J connectivity index is 2.79. The van der Waals surface area contributed by atoms with Crippen LogP contribution >= 0.6 is 11.8 Å². The molecule has 0 N–H and O–H groups in total. The number of aromatic nitrogens is 4. The Morgan fingerprint density at radius 1 is 1.21 bits per heavy atom. The Morgan fingerprint density at radius 2 is 1.88 bits per heavy atom. The van der Waals surface area contributed by atoms with Crippen LogP contribution in [0, 0.1) is 0 Å². The van der Waals surface area contributed by atoms with Crippen molar-refractivity contribution in [2.24, 2.45) is 14.1 Å². The van der Waals surface area contributed by atoms with E-state index in [1.54, 1.807) is 7.05 Å². The highest BCUT2D eigenvalue weighted by atomic mass is 32.2. The van der Waals surface area contributed by atoms with Crippen molar-refractivity contribution < 1.29 is 9.53 Å². The number of methoxy groups -OCH3 is 1. The van der Waals surface area contributed by atoms with E-state index in [-0.39, 0.29) is 17.0 Å². The number of carbonyl (C=O) groups excluding carboxylic acids is 1. The molecule has 130 valence electrons. The summed E-state index contributed by atoms with van der Waals surface area (Å²) in [6.07, 6.45) is 1.07. The average Bonchev–Trinajstić information content (AvgIpc) is 2.60. The van der Waals surface area contributed by atoms with Gasteiger partial charge in [0.1, 0.15) is 21.5 Å². The second-order valence-corrected chi connectivity index (χ2v) is 6.43. The molecule has 2 heterocycles. The standard InChI is InChI=1S/C15H20N4O4S/c1-6-8(14(21)23-5)24-12-10-11(16-9(7-2)17-12)18(3)15(22)19(4)13(10)20/h8H,6-7H2,1-5H3. The Bertz CT molecular complexity index is 903. The molecular weight excluding hydrogens is 332 g/mol. The molecule has 24 heavy (non-hydrogen) atoms. The minimum absolute atomic E-state index is 0.240. The normalized spacial score (nSPS) is 12.4. The van der Waals surface area contributed by atoms with Gasteiger partial charge >= 0.3 is 11.7 Å². The molecule has 0 fully saturated rings. The molecule has 0 saturated heterocycles. The van der Waals surface area contributed by atoms with Crippen LogP contribution < -0.4 is 11.2 Å². The molecule has 0 bridgehead atoms. The molecule has 0 saturated carbocycles. The van der Waals surface area contributed by atoms with E-state index in [1.807, 2.05) is 13.8 Å². The summed E-state index contributed by atoms with van der Waals surface area (Å²) in [5.74, 6) is 0.127. The van der Waals surface area contributed by atoms with Crippen molar-refractivity contribution in [3.63, 3.8) is 0 Å². The summed E-state index contributed by atoms with van der Waals surface area (Å²) in [6, 6.07) is 0. The van der Waals surface area contributed by atoms with Crippen LogP contribution in [0.5, 0.6) is 0 Å². The first-order valence-corrected chi connectivity index (χ1v) is 8.44. The summed E-state index contributed by atoms with van der Waals surface area (Å²) in [5.41, 5.74) is -0.653. The molecule has 8 nitrogen and oxygen atoms in total. The fourth-order valence-electron chi connectivity index (χ4n) is 2.28. The predicted molar refractivity (Wildman–Crippen MR) is 91.4 cm³/mol. The van der Waals surface area contributed by atoms with E-state index in [2.05, 4.69) is 9.97 Å². The Labute approximate surface area is 142 Å². The predicted octanol–water partition coefficient (Wildman–Crippen LogP) is 0.633. The smallest absolute Gasteiger partial charge is 0.332 e. The highest BCUT2D eigenvalue weighted by Crippen LogP contribution is 2.28. The second-order valence-electron chi connectivity index (χ2n) is 5.24. The van der Waals surface area contributed by atoms with Gasteiger partial charge in [0.15, 0.2) is 5.65 Å². The molecule has 0 spiro atoms. The molecule has 0 aliphatic rings. The Hall–Kier alpha value is -2.16. The van der Waals surface area contributed by atoms with Crippen molar-refractivity contribution >= 4 is 28.8 Å². The average molecular weight is 352 g/mol. The van der Waals surface area contributed by atoms with E-state index in [1.165, 1.54) is 18.7 Å². The molecule has 0 aliphatic heterocycles. The van der Waals surface area contributed by atoms with Crippen molar-refractivity contribution in [3.8, 4) is 0 Å². The van der Waals surface area contributed by atoms with Gasteiger partial charge in [-0.15, -0.1) is 0 Å². The second kappa shape index (κ2) is 7.16. The van der Waals surface area contributed by atoms with Crippen LogP contribution in [0.1, 0.15) is 26.1 Å². The minimum Gasteiger partial charge on any atom is -0.468 e. The molecule has 1 unspecified atom stereocenters. The summed E-state index contributed by atoms with van der Waals surface area (Å²) in [6.45, 7) is 3.74. The fraction of sp³-hybridized carbons (Fsp3) is 0.533. The number of hydrogen-bond donors (Lipinski definition) is 0. The van der Waals surface area contributed by atoms with Crippen LogP contribution in [-0.4, -0.2) is 37.4 Å². The largest absolute Gasteiger partial charge is 0.468 e. The van der Waals surface area contributed by atoms with Gasteiger partial charge in [-0.3, -0.25) is 18.7 Å². The molecule has 2 rings (SSSR count). The third-order valence-electron chi connectivity index (χ3n) is 3.72. The van der Waals surface area contributed by atoms with Crippen LogP contribution in [0.3, 0.4) is 0 Å². The zero-order valence-corrected chi connectivity index (χ0v) is 15.1. The highest BCUT2D eigenvalue weighted by molar-refractivity contribution is 8.00. The molecule has 0 radical (unpaired) electrons. The Morgan fingerprint density at radius 3 is 2.42 bits per heavy atom. The highest BCUT2D eigenvalue weighted by Gasteiger charge is 2.24. The topological polar surface area (TPSA) is 96.1 Å². The number of esters is 1. The van der Waals surface area contributed by atoms with Crippen LogP contribution in [0.4, 0.5) is 0 Å². The van der Waals surface area contributed by atoms with Crippen molar-refractivity contribution in [1.29, 1.82) is 0 Å². The van der Waals surface area contributed by atoms with Gasteiger partial charge in [-0.25, -0.2) is 14.8 Å². The van der Waals surface area contributed by atoms with Crippen LogP contribution in [-0.2, 0) is 30.0 Å². The van der Waals surface area contributed by atoms with E-state index in [4.69, 9.17) is 4.74 Å². The maximum atomic E-state index is 12.6. The zero-order valence-electron chi connectivity index (χ0n) is 14.3. The first kappa shape index (κ1) is 18.2. The van der Waals surface area contributed by atoms with Crippen molar-refractivity contribution in [3.05, 3.63) is 26.7 Å². The SMILES string of the molecule is CCc1nc(SC(CC)C(=O)OC)c2c(=O)n(C)c(=O)n(C)c2n1. The number of carbonyl (C=O) groups is 1. The summed E-state index contributed by atoms with van der Waals surface area (Å²) >= 11 is 1.16. The molecule has 2 aromatic rings. The van der Waals surface area contributed by atoms with Crippen LogP contribution in [0.15, 0.2) is 14.6 Å². The van der Waals surface area contributed by atoms with E-state index >= 15 is 0 Å². The van der Waals surface area contributed by atoms with Gasteiger partial charge in [-0.05, 0) is 6.42 Å². The summed E-state index contributed by atoms with van der Waals surface area (Å²) in [5, 5.41) is 0.147. The van der Waals surface area contributed by atoms with Crippen molar-refractivity contribution in [1.82, 2.24) is 19.1 Å². The van der Waals surface area contributed by atoms with E-state index in [9.17, 15) is 14.4 Å². The zero-order chi connectivity index (χ0) is 18.0. The van der Waals surface area contributed by atoms with Gasteiger partial charge in [-0.1, -0.05) is 25.6 Å². The van der Waals surface area contributed by atoms with Gasteiger partial charge in [-0.2, -0.15) is 0 Å². The quantitative estimate of drug-likeness (QED) is 0.442. The minimum atomic E-state index is -0.486. The Kier molecular flexibility index (Phi) is 5.43. The molecule has 1 atom stereocenters. The van der Waals surface area contributed by atoms with Crippen molar-refractivity contribution in [2.75, 3.05) is 7.11 Å². The first-order chi connectivity index (χ1) is 11.3. The number of ether oxygens (including phenoxy) is 1.